The average Bonchev–Trinajstić information content (AvgIpc) is 2.92. The Morgan fingerprint density at radius 2 is 2.25 bits per heavy atom. The van der Waals surface area contributed by atoms with Gasteiger partial charge >= 0.3 is 0 Å². The summed E-state index contributed by atoms with van der Waals surface area (Å²) in [6, 6.07) is 4.94. The minimum atomic E-state index is -0.353. The van der Waals surface area contributed by atoms with Crippen LogP contribution in [0.3, 0.4) is 0 Å². The van der Waals surface area contributed by atoms with Crippen molar-refractivity contribution >= 4 is 0 Å². The van der Waals surface area contributed by atoms with E-state index in [0.29, 0.717) is 6.54 Å². The highest BCUT2D eigenvalue weighted by molar-refractivity contribution is 5.31. The molecule has 0 saturated heterocycles. The van der Waals surface area contributed by atoms with Gasteiger partial charge in [0.25, 0.3) is 0 Å². The monoisotopic (exact) mass is 278 g/mol. The normalized spacial score (nSPS) is 12.4. The van der Waals surface area contributed by atoms with Gasteiger partial charge in [0.05, 0.1) is 13.7 Å². The van der Waals surface area contributed by atoms with Gasteiger partial charge in [-0.3, -0.25) is 0 Å². The lowest BCUT2D eigenvalue weighted by Gasteiger charge is -2.15. The number of methoxy groups -OCH3 is 1. The van der Waals surface area contributed by atoms with Gasteiger partial charge in [0, 0.05) is 12.6 Å². The van der Waals surface area contributed by atoms with E-state index in [1.54, 1.807) is 18.5 Å². The fraction of sp³-hybridized carbons (Fsp3) is 0.429. The van der Waals surface area contributed by atoms with Crippen LogP contribution in [0.2, 0.25) is 0 Å². The van der Waals surface area contributed by atoms with Gasteiger partial charge in [-0.2, -0.15) is 0 Å². The minimum absolute atomic E-state index is 0.0616. The molecule has 2 aromatic rings. The first kappa shape index (κ1) is 14.5. The van der Waals surface area contributed by atoms with Crippen molar-refractivity contribution in [2.24, 2.45) is 0 Å². The maximum Gasteiger partial charge on any atom is 0.165 e. The molecule has 0 aliphatic heterocycles. The van der Waals surface area contributed by atoms with Gasteiger partial charge in [-0.15, -0.1) is 10.2 Å². The molecule has 108 valence electrons. The smallest absolute Gasteiger partial charge is 0.165 e. The maximum absolute atomic E-state index is 13.4. The molecular weight excluding hydrogens is 259 g/mol. The lowest BCUT2D eigenvalue weighted by molar-refractivity contribution is 0.385. The number of nitrogens with zero attached hydrogens (tertiary/aromatic N) is 3. The maximum atomic E-state index is 13.4. The quantitative estimate of drug-likeness (QED) is 0.881. The molecule has 0 bridgehead atoms. The van der Waals surface area contributed by atoms with E-state index < -0.39 is 0 Å². The number of benzene rings is 1. The zero-order valence-electron chi connectivity index (χ0n) is 11.9. The lowest BCUT2D eigenvalue weighted by atomic mass is 10.1. The summed E-state index contributed by atoms with van der Waals surface area (Å²) in [6.45, 7) is 5.50. The van der Waals surface area contributed by atoms with Gasteiger partial charge in [0.2, 0.25) is 0 Å². The van der Waals surface area contributed by atoms with Crippen LogP contribution in [0.15, 0.2) is 24.5 Å². The molecule has 1 unspecified atom stereocenters. The van der Waals surface area contributed by atoms with Crippen LogP contribution in [0.25, 0.3) is 0 Å². The second-order valence-corrected chi connectivity index (χ2v) is 4.53. The molecule has 1 heterocycles. The molecule has 2 rings (SSSR count). The van der Waals surface area contributed by atoms with E-state index in [1.165, 1.54) is 13.2 Å². The topological polar surface area (TPSA) is 52.0 Å². The number of hydrogen-bond donors (Lipinski definition) is 1. The Balaban J connectivity index is 2.03. The molecule has 1 N–H and O–H groups in total. The first-order valence-electron chi connectivity index (χ1n) is 6.59. The largest absolute Gasteiger partial charge is 0.494 e. The third kappa shape index (κ3) is 3.14. The number of ether oxygens (including phenoxy) is 1. The number of nitrogens with one attached hydrogen (secondary N) is 1. The average molecular weight is 278 g/mol. The van der Waals surface area contributed by atoms with E-state index in [9.17, 15) is 4.39 Å². The third-order valence-electron chi connectivity index (χ3n) is 3.28. The van der Waals surface area contributed by atoms with E-state index in [0.717, 1.165) is 17.9 Å². The van der Waals surface area contributed by atoms with E-state index in [1.807, 2.05) is 18.4 Å². The Bertz CT molecular complexity index is 570. The fourth-order valence-corrected chi connectivity index (χ4v) is 1.99. The molecule has 0 aliphatic carbocycles. The molecule has 0 spiro atoms. The Morgan fingerprint density at radius 1 is 1.45 bits per heavy atom. The van der Waals surface area contributed by atoms with Crippen LogP contribution in [-0.2, 0) is 13.1 Å². The zero-order valence-corrected chi connectivity index (χ0v) is 11.9. The van der Waals surface area contributed by atoms with Crippen LogP contribution in [0.1, 0.15) is 31.3 Å². The van der Waals surface area contributed by atoms with Gasteiger partial charge in [0.1, 0.15) is 12.2 Å². The molecule has 5 nitrogen and oxygen atoms in total. The standard InChI is InChI=1S/C14H19FN4O/c1-4-19-9-17-18-14(19)8-16-10(2)11-5-6-12(15)13(7-11)20-3/h5-7,9-10,16H,4,8H2,1-3H3. The second kappa shape index (κ2) is 6.47. The molecule has 0 amide bonds. The van der Waals surface area contributed by atoms with Crippen LogP contribution in [0.5, 0.6) is 5.75 Å². The molecule has 6 heteroatoms. The molecular formula is C14H19FN4O. The highest BCUT2D eigenvalue weighted by Crippen LogP contribution is 2.22. The summed E-state index contributed by atoms with van der Waals surface area (Å²) in [5.41, 5.74) is 0.964. The van der Waals surface area contributed by atoms with E-state index in [4.69, 9.17) is 4.74 Å². The molecule has 1 atom stereocenters. The number of hydrogen-bond acceptors (Lipinski definition) is 4. The second-order valence-electron chi connectivity index (χ2n) is 4.53. The Labute approximate surface area is 117 Å². The van der Waals surface area contributed by atoms with Crippen molar-refractivity contribution < 1.29 is 9.13 Å². The number of rotatable bonds is 6. The lowest BCUT2D eigenvalue weighted by Crippen LogP contribution is -2.20. The molecule has 20 heavy (non-hydrogen) atoms. The van der Waals surface area contributed by atoms with Crippen molar-refractivity contribution in [3.63, 3.8) is 0 Å². The van der Waals surface area contributed by atoms with Crippen LogP contribution >= 0.6 is 0 Å². The predicted molar refractivity (Wildman–Crippen MR) is 73.9 cm³/mol. The summed E-state index contributed by atoms with van der Waals surface area (Å²) in [5.74, 6) is 0.787. The fourth-order valence-electron chi connectivity index (χ4n) is 1.99. The van der Waals surface area contributed by atoms with E-state index >= 15 is 0 Å². The van der Waals surface area contributed by atoms with Crippen molar-refractivity contribution in [2.45, 2.75) is 33.0 Å². The van der Waals surface area contributed by atoms with Crippen molar-refractivity contribution in [1.29, 1.82) is 0 Å². The predicted octanol–water partition coefficient (Wildman–Crippen LogP) is 2.30. The summed E-state index contributed by atoms with van der Waals surface area (Å²) in [7, 11) is 1.46. The number of aryl methyl sites for hydroxylation is 1. The number of halogens is 1. The van der Waals surface area contributed by atoms with Gasteiger partial charge in [-0.1, -0.05) is 6.07 Å². The highest BCUT2D eigenvalue weighted by atomic mass is 19.1. The zero-order chi connectivity index (χ0) is 14.5. The van der Waals surface area contributed by atoms with Crippen LogP contribution in [0.4, 0.5) is 4.39 Å². The summed E-state index contributed by atoms with van der Waals surface area (Å²) in [5, 5.41) is 11.3. The van der Waals surface area contributed by atoms with Crippen LogP contribution in [0, 0.1) is 5.82 Å². The molecule has 0 radical (unpaired) electrons. The Hall–Kier alpha value is -1.95. The summed E-state index contributed by atoms with van der Waals surface area (Å²) in [6.07, 6.45) is 1.71. The van der Waals surface area contributed by atoms with E-state index in [2.05, 4.69) is 15.5 Å². The number of aromatic nitrogens is 3. The van der Waals surface area contributed by atoms with Crippen molar-refractivity contribution in [2.75, 3.05) is 7.11 Å². The van der Waals surface area contributed by atoms with Gasteiger partial charge in [0.15, 0.2) is 11.6 Å². The van der Waals surface area contributed by atoms with Crippen molar-refractivity contribution in [3.05, 3.63) is 41.7 Å². The Kier molecular flexibility index (Phi) is 4.68. The molecule has 0 saturated carbocycles. The molecule has 0 aliphatic rings. The molecule has 1 aromatic carbocycles. The van der Waals surface area contributed by atoms with Crippen molar-refractivity contribution in [1.82, 2.24) is 20.1 Å². The summed E-state index contributed by atoms with van der Waals surface area (Å²) >= 11 is 0. The molecule has 1 aromatic heterocycles. The SMILES string of the molecule is CCn1cnnc1CNC(C)c1ccc(F)c(OC)c1. The third-order valence-corrected chi connectivity index (χ3v) is 3.28. The van der Waals surface area contributed by atoms with E-state index in [-0.39, 0.29) is 17.6 Å². The van der Waals surface area contributed by atoms with Gasteiger partial charge in [-0.25, -0.2) is 4.39 Å². The first-order chi connectivity index (χ1) is 9.65. The van der Waals surface area contributed by atoms with Gasteiger partial charge < -0.3 is 14.6 Å². The summed E-state index contributed by atoms with van der Waals surface area (Å²) in [4.78, 5) is 0. The Morgan fingerprint density at radius 3 is 2.95 bits per heavy atom. The minimum Gasteiger partial charge on any atom is -0.494 e. The van der Waals surface area contributed by atoms with Gasteiger partial charge in [-0.05, 0) is 31.5 Å². The summed E-state index contributed by atoms with van der Waals surface area (Å²) < 4.78 is 20.3. The highest BCUT2D eigenvalue weighted by Gasteiger charge is 2.11. The van der Waals surface area contributed by atoms with Crippen molar-refractivity contribution in [3.8, 4) is 5.75 Å². The van der Waals surface area contributed by atoms with Crippen LogP contribution in [-0.4, -0.2) is 21.9 Å². The van der Waals surface area contributed by atoms with Crippen LogP contribution < -0.4 is 10.1 Å². The molecule has 0 fully saturated rings. The first-order valence-corrected chi connectivity index (χ1v) is 6.59.